The summed E-state index contributed by atoms with van der Waals surface area (Å²) in [5.41, 5.74) is 0.158. The number of hydrogen-bond acceptors (Lipinski definition) is 2. The van der Waals surface area contributed by atoms with Crippen molar-refractivity contribution in [2.45, 2.75) is 38.6 Å². The van der Waals surface area contributed by atoms with Crippen LogP contribution in [-0.4, -0.2) is 31.1 Å². The molecular weight excluding hydrogens is 313 g/mol. The van der Waals surface area contributed by atoms with E-state index in [1.165, 1.54) is 0 Å². The molecule has 0 bridgehead atoms. The van der Waals surface area contributed by atoms with Gasteiger partial charge in [-0.2, -0.15) is 0 Å². The molecule has 0 unspecified atom stereocenters. The molecular formula is C16H24ClF3N2. The molecule has 126 valence electrons. The van der Waals surface area contributed by atoms with Crippen LogP contribution in [0.1, 0.15) is 44.2 Å². The number of benzene rings is 1. The molecule has 1 aliphatic heterocycles. The first-order chi connectivity index (χ1) is 10.1. The maximum atomic E-state index is 14.1. The highest BCUT2D eigenvalue weighted by Crippen LogP contribution is 2.30. The first kappa shape index (κ1) is 19.3. The average Bonchev–Trinajstić information content (AvgIpc) is 2.49. The predicted molar refractivity (Wildman–Crippen MR) is 84.9 cm³/mol. The van der Waals surface area contributed by atoms with Gasteiger partial charge in [-0.25, -0.2) is 13.2 Å². The molecule has 0 saturated carbocycles. The van der Waals surface area contributed by atoms with Crippen LogP contribution in [0.25, 0.3) is 0 Å². The van der Waals surface area contributed by atoms with Gasteiger partial charge in [0.1, 0.15) is 5.82 Å². The van der Waals surface area contributed by atoms with Crippen molar-refractivity contribution in [3.63, 3.8) is 0 Å². The first-order valence-electron chi connectivity index (χ1n) is 7.72. The largest absolute Gasteiger partial charge is 0.314 e. The SMILES string of the molecule is CCCCC[C@@H](c1cc(F)cc(F)c1F)N1CCNCC1.Cl. The van der Waals surface area contributed by atoms with Crippen molar-refractivity contribution in [1.29, 1.82) is 0 Å². The summed E-state index contributed by atoms with van der Waals surface area (Å²) >= 11 is 0. The second-order valence-electron chi connectivity index (χ2n) is 5.59. The number of hydrogen-bond donors (Lipinski definition) is 1. The third-order valence-electron chi connectivity index (χ3n) is 4.05. The van der Waals surface area contributed by atoms with E-state index < -0.39 is 17.5 Å². The predicted octanol–water partition coefficient (Wildman–Crippen LogP) is 4.05. The van der Waals surface area contributed by atoms with Crippen molar-refractivity contribution in [2.75, 3.05) is 26.2 Å². The van der Waals surface area contributed by atoms with Gasteiger partial charge in [0.05, 0.1) is 0 Å². The lowest BCUT2D eigenvalue weighted by atomic mass is 9.97. The van der Waals surface area contributed by atoms with E-state index in [4.69, 9.17) is 0 Å². The molecule has 6 heteroatoms. The Bertz CT molecular complexity index is 465. The zero-order chi connectivity index (χ0) is 15.2. The van der Waals surface area contributed by atoms with Gasteiger partial charge in [-0.15, -0.1) is 12.4 Å². The molecule has 0 aromatic heterocycles. The molecule has 0 aliphatic carbocycles. The number of rotatable bonds is 6. The van der Waals surface area contributed by atoms with Crippen LogP contribution in [0.2, 0.25) is 0 Å². The fraction of sp³-hybridized carbons (Fsp3) is 0.625. The fourth-order valence-corrected chi connectivity index (χ4v) is 2.93. The molecule has 1 aliphatic rings. The molecule has 0 spiro atoms. The number of nitrogens with one attached hydrogen (secondary N) is 1. The quantitative estimate of drug-likeness (QED) is 0.622. The Labute approximate surface area is 136 Å². The molecule has 0 radical (unpaired) electrons. The summed E-state index contributed by atoms with van der Waals surface area (Å²) in [5.74, 6) is -2.71. The topological polar surface area (TPSA) is 15.3 Å². The van der Waals surface area contributed by atoms with Gasteiger partial charge in [0, 0.05) is 43.9 Å². The third-order valence-corrected chi connectivity index (χ3v) is 4.05. The molecule has 2 nitrogen and oxygen atoms in total. The Balaban J connectivity index is 0.00000242. The van der Waals surface area contributed by atoms with Gasteiger partial charge in [-0.1, -0.05) is 26.2 Å². The second kappa shape index (κ2) is 9.38. The summed E-state index contributed by atoms with van der Waals surface area (Å²) in [6, 6.07) is 1.51. The molecule has 1 N–H and O–H groups in total. The van der Waals surface area contributed by atoms with Crippen LogP contribution in [0.5, 0.6) is 0 Å². The fourth-order valence-electron chi connectivity index (χ4n) is 2.93. The van der Waals surface area contributed by atoms with Crippen molar-refractivity contribution in [3.8, 4) is 0 Å². The number of unbranched alkanes of at least 4 members (excludes halogenated alkanes) is 2. The van der Waals surface area contributed by atoms with E-state index in [1.807, 2.05) is 0 Å². The molecule has 1 fully saturated rings. The molecule has 1 aromatic carbocycles. The lowest BCUT2D eigenvalue weighted by Gasteiger charge is -2.35. The Morgan fingerprint density at radius 2 is 1.82 bits per heavy atom. The Kier molecular flexibility index (Phi) is 8.21. The van der Waals surface area contributed by atoms with Crippen molar-refractivity contribution >= 4 is 12.4 Å². The standard InChI is InChI=1S/C16H23F3N2.ClH/c1-2-3-4-5-15(21-8-6-20-7-9-21)13-10-12(17)11-14(18)16(13)19;/h10-11,15,20H,2-9H2,1H3;1H/t15-;/m0./s1. The Hall–Kier alpha value is -0.780. The minimum absolute atomic E-state index is 0. The normalized spacial score (nSPS) is 17.1. The zero-order valence-electron chi connectivity index (χ0n) is 12.9. The van der Waals surface area contributed by atoms with Gasteiger partial charge in [-0.3, -0.25) is 4.90 Å². The highest BCUT2D eigenvalue weighted by Gasteiger charge is 2.26. The molecule has 1 heterocycles. The van der Waals surface area contributed by atoms with E-state index in [0.717, 1.165) is 57.9 Å². The van der Waals surface area contributed by atoms with Gasteiger partial charge < -0.3 is 5.32 Å². The maximum Gasteiger partial charge on any atom is 0.163 e. The average molecular weight is 337 g/mol. The molecule has 1 atom stereocenters. The van der Waals surface area contributed by atoms with E-state index in [2.05, 4.69) is 17.1 Å². The van der Waals surface area contributed by atoms with Crippen molar-refractivity contribution in [1.82, 2.24) is 10.2 Å². The minimum Gasteiger partial charge on any atom is -0.314 e. The number of nitrogens with zero attached hydrogens (tertiary/aromatic N) is 1. The van der Waals surface area contributed by atoms with Gasteiger partial charge >= 0.3 is 0 Å². The summed E-state index contributed by atoms with van der Waals surface area (Å²) in [6.07, 6.45) is 3.77. The van der Waals surface area contributed by atoms with Crippen molar-refractivity contribution < 1.29 is 13.2 Å². The van der Waals surface area contributed by atoms with E-state index >= 15 is 0 Å². The van der Waals surface area contributed by atoms with Crippen LogP contribution in [-0.2, 0) is 0 Å². The van der Waals surface area contributed by atoms with E-state index in [9.17, 15) is 13.2 Å². The molecule has 1 aromatic rings. The summed E-state index contributed by atoms with van der Waals surface area (Å²) in [7, 11) is 0. The second-order valence-corrected chi connectivity index (χ2v) is 5.59. The summed E-state index contributed by atoms with van der Waals surface area (Å²) in [5, 5.41) is 3.24. The zero-order valence-corrected chi connectivity index (χ0v) is 13.7. The molecule has 22 heavy (non-hydrogen) atoms. The Morgan fingerprint density at radius 3 is 2.45 bits per heavy atom. The van der Waals surface area contributed by atoms with Crippen LogP contribution < -0.4 is 5.32 Å². The molecule has 0 amide bonds. The van der Waals surface area contributed by atoms with Crippen LogP contribution in [0.4, 0.5) is 13.2 Å². The Morgan fingerprint density at radius 1 is 1.14 bits per heavy atom. The van der Waals surface area contributed by atoms with Crippen LogP contribution in [0.15, 0.2) is 12.1 Å². The van der Waals surface area contributed by atoms with E-state index in [-0.39, 0.29) is 24.0 Å². The summed E-state index contributed by atoms with van der Waals surface area (Å²) in [6.45, 7) is 5.29. The van der Waals surface area contributed by atoms with Crippen LogP contribution in [0, 0.1) is 17.5 Å². The number of piperazine rings is 1. The molecule has 1 saturated heterocycles. The summed E-state index contributed by atoms with van der Waals surface area (Å²) < 4.78 is 41.1. The minimum atomic E-state index is -1.10. The smallest absolute Gasteiger partial charge is 0.163 e. The molecule has 2 rings (SSSR count). The van der Waals surface area contributed by atoms with Crippen molar-refractivity contribution in [3.05, 3.63) is 35.1 Å². The lowest BCUT2D eigenvalue weighted by Crippen LogP contribution is -2.45. The van der Waals surface area contributed by atoms with Gasteiger partial charge in [0.2, 0.25) is 0 Å². The maximum absolute atomic E-state index is 14.1. The van der Waals surface area contributed by atoms with Gasteiger partial charge in [0.15, 0.2) is 11.6 Å². The summed E-state index contributed by atoms with van der Waals surface area (Å²) in [4.78, 5) is 2.13. The van der Waals surface area contributed by atoms with Crippen molar-refractivity contribution in [2.24, 2.45) is 0 Å². The van der Waals surface area contributed by atoms with Gasteiger partial charge in [0.25, 0.3) is 0 Å². The van der Waals surface area contributed by atoms with Crippen LogP contribution >= 0.6 is 12.4 Å². The lowest BCUT2D eigenvalue weighted by molar-refractivity contribution is 0.158. The highest BCUT2D eigenvalue weighted by molar-refractivity contribution is 5.85. The highest BCUT2D eigenvalue weighted by atomic mass is 35.5. The van der Waals surface area contributed by atoms with E-state index in [0.29, 0.717) is 6.07 Å². The van der Waals surface area contributed by atoms with E-state index in [1.54, 1.807) is 0 Å². The van der Waals surface area contributed by atoms with Crippen LogP contribution in [0.3, 0.4) is 0 Å². The van der Waals surface area contributed by atoms with Gasteiger partial charge in [-0.05, 0) is 12.5 Å². The first-order valence-corrected chi connectivity index (χ1v) is 7.72. The number of halogens is 4. The monoisotopic (exact) mass is 336 g/mol. The third kappa shape index (κ3) is 4.86.